The van der Waals surface area contributed by atoms with Gasteiger partial charge < -0.3 is 47.4 Å². The summed E-state index contributed by atoms with van der Waals surface area (Å²) in [6, 6.07) is 17.4. The van der Waals surface area contributed by atoms with Gasteiger partial charge in [0.2, 0.25) is 0 Å². The van der Waals surface area contributed by atoms with Crippen molar-refractivity contribution in [3.63, 3.8) is 0 Å². The molecule has 3 heterocycles. The van der Waals surface area contributed by atoms with Crippen molar-refractivity contribution in [2.24, 2.45) is 0 Å². The highest BCUT2D eigenvalue weighted by atomic mass is 32.2. The van der Waals surface area contributed by atoms with Crippen LogP contribution in [0.25, 0.3) is 0 Å². The number of rotatable bonds is 13. The van der Waals surface area contributed by atoms with Crippen molar-refractivity contribution in [2.45, 2.75) is 93.7 Å². The van der Waals surface area contributed by atoms with Gasteiger partial charge in [-0.2, -0.15) is 0 Å². The number of thioether (sulfide) groups is 1. The molecule has 3 aliphatic heterocycles. The van der Waals surface area contributed by atoms with Crippen LogP contribution in [0, 0.1) is 0 Å². The lowest BCUT2D eigenvalue weighted by Crippen LogP contribution is -2.66. The van der Waals surface area contributed by atoms with Crippen LogP contribution in [0.15, 0.2) is 73.3 Å². The molecule has 53 heavy (non-hydrogen) atoms. The normalized spacial score (nSPS) is 30.8. The first-order chi connectivity index (χ1) is 25.4. The largest absolute Gasteiger partial charge is 0.465 e. The summed E-state index contributed by atoms with van der Waals surface area (Å²) in [6.45, 7) is 8.07. The summed E-state index contributed by atoms with van der Waals surface area (Å²) in [5.74, 6) is -3.62. The number of ether oxygens (including phenoxy) is 10. The molecule has 0 spiro atoms. The predicted molar refractivity (Wildman–Crippen MR) is 184 cm³/mol. The molecule has 0 aromatic heterocycles. The molecule has 3 fully saturated rings. The molecule has 3 aliphatic rings. The number of carbonyl (C=O) groups excluding carboxylic acids is 5. The summed E-state index contributed by atoms with van der Waals surface area (Å²) in [6.07, 6.45) is -9.03. The third-order valence-electron chi connectivity index (χ3n) is 8.23. The monoisotopic (exact) mass is 758 g/mol. The van der Waals surface area contributed by atoms with Gasteiger partial charge in [-0.3, -0.25) is 19.2 Å². The predicted octanol–water partition coefficient (Wildman–Crippen LogP) is 3.44. The van der Waals surface area contributed by atoms with Gasteiger partial charge in [-0.25, -0.2) is 4.79 Å². The zero-order valence-corrected chi connectivity index (χ0v) is 30.4. The van der Waals surface area contributed by atoms with Crippen LogP contribution in [0.2, 0.25) is 0 Å². The van der Waals surface area contributed by atoms with E-state index < -0.39 is 95.8 Å². The second-order valence-corrected chi connectivity index (χ2v) is 13.6. The average Bonchev–Trinajstić information content (AvgIpc) is 3.13. The van der Waals surface area contributed by atoms with E-state index in [1.807, 2.05) is 30.3 Å². The van der Waals surface area contributed by atoms with Gasteiger partial charge in [0.05, 0.1) is 24.0 Å². The summed E-state index contributed by atoms with van der Waals surface area (Å²) in [7, 11) is 0. The fourth-order valence-electron chi connectivity index (χ4n) is 6.12. The molecule has 0 amide bonds. The number of esters is 5. The fraction of sp³-hybridized carbons (Fsp3) is 0.486. The maximum atomic E-state index is 13.7. The molecule has 0 unspecified atom stereocenters. The summed E-state index contributed by atoms with van der Waals surface area (Å²) >= 11 is 0.986. The third-order valence-corrected chi connectivity index (χ3v) is 9.63. The number of hydrogen-bond donors (Lipinski definition) is 0. The molecule has 0 radical (unpaired) electrons. The SMILES string of the molecule is C=CCO[C@H]1O[C@@H]2CO[C@@H](c3ccccc3)O[C@H]2[C@H](OC(=O)c2ccccc2)[C@H]1O[C@H]1S[C@H](COC(C)=O)[C@@H](OC(C)=O)[C@H](OC(C)=O)[C@H]1OC(C)=O. The topological polar surface area (TPSA) is 178 Å². The van der Waals surface area contributed by atoms with E-state index in [1.54, 1.807) is 30.3 Å². The van der Waals surface area contributed by atoms with Crippen LogP contribution in [0.1, 0.15) is 49.9 Å². The van der Waals surface area contributed by atoms with Crippen LogP contribution in [0.4, 0.5) is 0 Å². The number of hydrogen-bond acceptors (Lipinski definition) is 16. The highest BCUT2D eigenvalue weighted by Gasteiger charge is 2.58. The van der Waals surface area contributed by atoms with Crippen molar-refractivity contribution in [1.29, 1.82) is 0 Å². The molecule has 11 atom stereocenters. The Morgan fingerprint density at radius 3 is 2.00 bits per heavy atom. The first-order valence-electron chi connectivity index (χ1n) is 16.9. The number of fused-ring (bicyclic) bond motifs is 1. The van der Waals surface area contributed by atoms with E-state index in [1.165, 1.54) is 13.0 Å². The molecule has 0 bridgehead atoms. The Labute approximate surface area is 310 Å². The number of carbonyl (C=O) groups is 5. The van der Waals surface area contributed by atoms with Crippen molar-refractivity contribution >= 4 is 41.6 Å². The lowest BCUT2D eigenvalue weighted by molar-refractivity contribution is -0.366. The Morgan fingerprint density at radius 1 is 0.755 bits per heavy atom. The summed E-state index contributed by atoms with van der Waals surface area (Å²) in [5.41, 5.74) is -0.304. The van der Waals surface area contributed by atoms with Gasteiger partial charge in [-0.05, 0) is 12.1 Å². The van der Waals surface area contributed by atoms with Crippen LogP contribution in [0.5, 0.6) is 0 Å². The smallest absolute Gasteiger partial charge is 0.338 e. The minimum Gasteiger partial charge on any atom is -0.465 e. The van der Waals surface area contributed by atoms with Gasteiger partial charge in [0.25, 0.3) is 0 Å². The first-order valence-corrected chi connectivity index (χ1v) is 17.8. The van der Waals surface area contributed by atoms with Gasteiger partial charge in [-0.1, -0.05) is 54.6 Å². The molecule has 3 saturated heterocycles. The molecule has 0 N–H and O–H groups in total. The minimum absolute atomic E-state index is 0.0134. The van der Waals surface area contributed by atoms with E-state index in [-0.39, 0.29) is 25.4 Å². The molecule has 286 valence electrons. The standard InChI is InChI=1S/C37H42O15S/c1-6-17-43-36-32(52-37-33(48-23(5)41)31(47-22(4)40)29(46-21(3)39)27(53-37)19-44-20(2)38)30(50-34(42)24-13-9-7-10-14-24)28-26(49-36)18-45-35(51-28)25-15-11-8-12-16-25/h6-16,26-33,35-37H,1,17-19H2,2-5H3/t26-,27-,28-,29-,30+,31+,32-,33-,35-,36+,37+/m1/s1. The highest BCUT2D eigenvalue weighted by Crippen LogP contribution is 2.43. The molecule has 16 heteroatoms. The van der Waals surface area contributed by atoms with E-state index in [0.29, 0.717) is 5.56 Å². The second-order valence-electron chi connectivity index (χ2n) is 12.2. The van der Waals surface area contributed by atoms with E-state index in [4.69, 9.17) is 47.4 Å². The quantitative estimate of drug-likeness (QED) is 0.165. The second kappa shape index (κ2) is 18.6. The molecule has 2 aromatic rings. The maximum absolute atomic E-state index is 13.7. The molecule has 0 saturated carbocycles. The van der Waals surface area contributed by atoms with Crippen LogP contribution in [0.3, 0.4) is 0 Å². The lowest BCUT2D eigenvalue weighted by atomic mass is 9.96. The van der Waals surface area contributed by atoms with Gasteiger partial charge in [-0.15, -0.1) is 18.3 Å². The van der Waals surface area contributed by atoms with E-state index in [2.05, 4.69) is 6.58 Å². The molecule has 0 aliphatic carbocycles. The highest BCUT2D eigenvalue weighted by molar-refractivity contribution is 8.00. The first kappa shape index (κ1) is 39.9. The zero-order valence-electron chi connectivity index (χ0n) is 29.6. The van der Waals surface area contributed by atoms with E-state index >= 15 is 0 Å². The zero-order chi connectivity index (χ0) is 38.1. The Balaban J connectivity index is 1.57. The lowest BCUT2D eigenvalue weighted by Gasteiger charge is -2.50. The van der Waals surface area contributed by atoms with Gasteiger partial charge in [0.15, 0.2) is 37.0 Å². The van der Waals surface area contributed by atoms with Crippen molar-refractivity contribution in [1.82, 2.24) is 0 Å². The van der Waals surface area contributed by atoms with Crippen molar-refractivity contribution in [3.8, 4) is 0 Å². The Kier molecular flexibility index (Phi) is 14.0. The summed E-state index contributed by atoms with van der Waals surface area (Å²) in [4.78, 5) is 63.0. The summed E-state index contributed by atoms with van der Waals surface area (Å²) in [5, 5.41) is -0.902. The van der Waals surface area contributed by atoms with Gasteiger partial charge in [0, 0.05) is 33.3 Å². The number of benzene rings is 2. The van der Waals surface area contributed by atoms with E-state index in [0.717, 1.165) is 32.5 Å². The minimum atomic E-state index is -1.43. The molecule has 2 aromatic carbocycles. The summed E-state index contributed by atoms with van der Waals surface area (Å²) < 4.78 is 60.1. The third kappa shape index (κ3) is 10.4. The maximum Gasteiger partial charge on any atom is 0.338 e. The average molecular weight is 759 g/mol. The van der Waals surface area contributed by atoms with Gasteiger partial charge in [0.1, 0.15) is 30.4 Å². The van der Waals surface area contributed by atoms with Crippen molar-refractivity contribution in [3.05, 3.63) is 84.4 Å². The molecule has 15 nitrogen and oxygen atoms in total. The van der Waals surface area contributed by atoms with Crippen LogP contribution >= 0.6 is 11.8 Å². The molecule has 5 rings (SSSR count). The Morgan fingerprint density at radius 2 is 1.38 bits per heavy atom. The Hall–Kier alpha value is -4.32. The van der Waals surface area contributed by atoms with Crippen LogP contribution in [-0.2, 0) is 66.5 Å². The molecular formula is C37H42O15S. The fourth-order valence-corrected chi connectivity index (χ4v) is 7.53. The van der Waals surface area contributed by atoms with E-state index in [9.17, 15) is 24.0 Å². The Bertz CT molecular complexity index is 1590. The molecular weight excluding hydrogens is 716 g/mol. The van der Waals surface area contributed by atoms with Crippen LogP contribution in [-0.4, -0.2) is 109 Å². The van der Waals surface area contributed by atoms with Gasteiger partial charge >= 0.3 is 29.8 Å². The van der Waals surface area contributed by atoms with Crippen molar-refractivity contribution in [2.75, 3.05) is 19.8 Å². The van der Waals surface area contributed by atoms with Crippen molar-refractivity contribution < 1.29 is 71.3 Å². The van der Waals surface area contributed by atoms with Crippen LogP contribution < -0.4 is 0 Å².